The number of piperidine rings is 1. The summed E-state index contributed by atoms with van der Waals surface area (Å²) in [5, 5.41) is 3.29. The quantitative estimate of drug-likeness (QED) is 0.855. The van der Waals surface area contributed by atoms with E-state index in [0.717, 1.165) is 31.4 Å². The molecule has 0 saturated carbocycles. The number of carbonyl (C=O) groups excluding carboxylic acids is 1. The summed E-state index contributed by atoms with van der Waals surface area (Å²) in [6.45, 7) is 0.742. The smallest absolute Gasteiger partial charge is 0.317 e. The number of urea groups is 1. The predicted octanol–water partition coefficient (Wildman–Crippen LogP) is 3.89. The number of amides is 2. The number of nitrogens with zero attached hydrogens (tertiary/aromatic N) is 3. The molecule has 0 radical (unpaired) electrons. The van der Waals surface area contributed by atoms with Crippen LogP contribution < -0.4 is 5.32 Å². The zero-order chi connectivity index (χ0) is 15.4. The number of halogens is 1. The largest absolute Gasteiger partial charge is 0.322 e. The van der Waals surface area contributed by atoms with Crippen molar-refractivity contribution in [3.63, 3.8) is 0 Å². The highest BCUT2D eigenvalue weighted by Gasteiger charge is 2.28. The minimum Gasteiger partial charge on any atom is -0.317 e. The Morgan fingerprint density at radius 3 is 2.91 bits per heavy atom. The van der Waals surface area contributed by atoms with E-state index in [0.29, 0.717) is 10.8 Å². The van der Waals surface area contributed by atoms with Crippen LogP contribution in [0.5, 0.6) is 0 Å². The van der Waals surface area contributed by atoms with Gasteiger partial charge in [-0.1, -0.05) is 17.7 Å². The topological polar surface area (TPSA) is 58.1 Å². The van der Waals surface area contributed by atoms with Gasteiger partial charge in [0.05, 0.1) is 17.9 Å². The first-order chi connectivity index (χ1) is 10.7. The lowest BCUT2D eigenvalue weighted by Crippen LogP contribution is -2.41. The second kappa shape index (κ2) is 6.75. The van der Waals surface area contributed by atoms with Crippen LogP contribution in [0.2, 0.25) is 5.15 Å². The maximum absolute atomic E-state index is 12.6. The van der Waals surface area contributed by atoms with E-state index in [9.17, 15) is 4.79 Å². The molecule has 0 aliphatic carbocycles. The zero-order valence-electron chi connectivity index (χ0n) is 12.1. The minimum absolute atomic E-state index is 0.0720. The third-order valence-corrected chi connectivity index (χ3v) is 4.04. The Labute approximate surface area is 134 Å². The molecule has 2 amide bonds. The van der Waals surface area contributed by atoms with Gasteiger partial charge in [0.2, 0.25) is 0 Å². The summed E-state index contributed by atoms with van der Waals surface area (Å²) in [5.41, 5.74) is 1.72. The lowest BCUT2D eigenvalue weighted by Gasteiger charge is -2.35. The number of nitrogens with one attached hydrogen (secondary N) is 1. The van der Waals surface area contributed by atoms with Crippen LogP contribution in [-0.4, -0.2) is 27.4 Å². The molecule has 1 N–H and O–H groups in total. The van der Waals surface area contributed by atoms with E-state index in [1.807, 2.05) is 23.2 Å². The minimum atomic E-state index is -0.113. The molecule has 5 nitrogen and oxygen atoms in total. The molecule has 0 aromatic carbocycles. The summed E-state index contributed by atoms with van der Waals surface area (Å²) in [5.74, 6) is 0. The van der Waals surface area contributed by atoms with Crippen molar-refractivity contribution in [1.82, 2.24) is 14.9 Å². The summed E-state index contributed by atoms with van der Waals surface area (Å²) >= 11 is 5.76. The fraction of sp³-hybridized carbons (Fsp3) is 0.312. The Kier molecular flexibility index (Phi) is 4.53. The summed E-state index contributed by atoms with van der Waals surface area (Å²) in [6, 6.07) is 7.29. The van der Waals surface area contributed by atoms with Crippen molar-refractivity contribution < 1.29 is 4.79 Å². The number of hydrogen-bond acceptors (Lipinski definition) is 3. The fourth-order valence-electron chi connectivity index (χ4n) is 2.74. The van der Waals surface area contributed by atoms with E-state index in [-0.39, 0.29) is 12.1 Å². The third kappa shape index (κ3) is 3.36. The Morgan fingerprint density at radius 1 is 1.27 bits per heavy atom. The molecule has 3 rings (SSSR count). The standard InChI is InChI=1S/C16H17ClN4O/c17-15-7-6-13(11-19-15)20-16(22)21-9-2-1-5-14(21)12-4-3-8-18-10-12/h3-4,6-8,10-11,14H,1-2,5,9H2,(H,20,22)/t14-/m0/s1. The summed E-state index contributed by atoms with van der Waals surface area (Å²) < 4.78 is 0. The first-order valence-corrected chi connectivity index (χ1v) is 7.71. The van der Waals surface area contributed by atoms with Crippen LogP contribution in [0.4, 0.5) is 10.5 Å². The number of likely N-dealkylation sites (tertiary alicyclic amines) is 1. The Bertz CT molecular complexity index is 632. The van der Waals surface area contributed by atoms with Gasteiger partial charge in [-0.3, -0.25) is 4.98 Å². The van der Waals surface area contributed by atoms with Gasteiger partial charge in [-0.2, -0.15) is 0 Å². The van der Waals surface area contributed by atoms with Crippen molar-refractivity contribution in [2.24, 2.45) is 0 Å². The third-order valence-electron chi connectivity index (χ3n) is 3.81. The number of anilines is 1. The molecule has 1 aliphatic rings. The first kappa shape index (κ1) is 14.8. The van der Waals surface area contributed by atoms with Crippen molar-refractivity contribution in [3.05, 3.63) is 53.6 Å². The van der Waals surface area contributed by atoms with E-state index in [1.54, 1.807) is 24.5 Å². The van der Waals surface area contributed by atoms with E-state index in [2.05, 4.69) is 15.3 Å². The molecule has 1 fully saturated rings. The van der Waals surface area contributed by atoms with Crippen molar-refractivity contribution in [2.45, 2.75) is 25.3 Å². The highest BCUT2D eigenvalue weighted by atomic mass is 35.5. The van der Waals surface area contributed by atoms with Crippen molar-refractivity contribution in [1.29, 1.82) is 0 Å². The first-order valence-electron chi connectivity index (χ1n) is 7.33. The summed E-state index contributed by atoms with van der Waals surface area (Å²) in [7, 11) is 0. The van der Waals surface area contributed by atoms with Crippen molar-refractivity contribution in [3.8, 4) is 0 Å². The van der Waals surface area contributed by atoms with Crippen LogP contribution in [0.15, 0.2) is 42.9 Å². The molecule has 0 unspecified atom stereocenters. The number of hydrogen-bond donors (Lipinski definition) is 1. The predicted molar refractivity (Wildman–Crippen MR) is 85.8 cm³/mol. The maximum atomic E-state index is 12.6. The highest BCUT2D eigenvalue weighted by Crippen LogP contribution is 2.30. The van der Waals surface area contributed by atoms with Gasteiger partial charge in [0.1, 0.15) is 5.15 Å². The second-order valence-electron chi connectivity index (χ2n) is 5.29. The van der Waals surface area contributed by atoms with Crippen molar-refractivity contribution in [2.75, 3.05) is 11.9 Å². The molecular formula is C16H17ClN4O. The van der Waals surface area contributed by atoms with Gasteiger partial charge in [-0.25, -0.2) is 9.78 Å². The van der Waals surface area contributed by atoms with Gasteiger partial charge in [0, 0.05) is 18.9 Å². The molecule has 1 aliphatic heterocycles. The van der Waals surface area contributed by atoms with Crippen LogP contribution in [0.25, 0.3) is 0 Å². The molecule has 1 saturated heterocycles. The number of pyridine rings is 2. The SMILES string of the molecule is O=C(Nc1ccc(Cl)nc1)N1CCCC[C@H]1c1cccnc1. The van der Waals surface area contributed by atoms with Crippen LogP contribution in [-0.2, 0) is 0 Å². The fourth-order valence-corrected chi connectivity index (χ4v) is 2.85. The summed E-state index contributed by atoms with van der Waals surface area (Å²) in [4.78, 5) is 22.6. The zero-order valence-corrected chi connectivity index (χ0v) is 12.8. The molecule has 3 heterocycles. The molecule has 0 bridgehead atoms. The lowest BCUT2D eigenvalue weighted by atomic mass is 9.97. The monoisotopic (exact) mass is 316 g/mol. The van der Waals surface area contributed by atoms with E-state index in [1.165, 1.54) is 0 Å². The van der Waals surface area contributed by atoms with Crippen LogP contribution in [0, 0.1) is 0 Å². The Balaban J connectivity index is 1.75. The van der Waals surface area contributed by atoms with Gasteiger partial charge in [-0.15, -0.1) is 0 Å². The molecule has 1 atom stereocenters. The number of aromatic nitrogens is 2. The van der Waals surface area contributed by atoms with Gasteiger partial charge in [0.25, 0.3) is 0 Å². The molecule has 114 valence electrons. The van der Waals surface area contributed by atoms with Gasteiger partial charge < -0.3 is 10.2 Å². The summed E-state index contributed by atoms with van der Waals surface area (Å²) in [6.07, 6.45) is 8.23. The second-order valence-corrected chi connectivity index (χ2v) is 5.68. The van der Waals surface area contributed by atoms with Crippen molar-refractivity contribution >= 4 is 23.3 Å². The average Bonchev–Trinajstić information content (AvgIpc) is 2.58. The molecule has 2 aromatic heterocycles. The molecule has 6 heteroatoms. The number of rotatable bonds is 2. The molecule has 0 spiro atoms. The Hall–Kier alpha value is -2.14. The van der Waals surface area contributed by atoms with E-state index < -0.39 is 0 Å². The highest BCUT2D eigenvalue weighted by molar-refractivity contribution is 6.29. The maximum Gasteiger partial charge on any atom is 0.322 e. The Morgan fingerprint density at radius 2 is 2.18 bits per heavy atom. The van der Waals surface area contributed by atoms with Gasteiger partial charge in [-0.05, 0) is 43.0 Å². The normalized spacial score (nSPS) is 18.0. The van der Waals surface area contributed by atoms with Gasteiger partial charge in [0.15, 0.2) is 0 Å². The molecular weight excluding hydrogens is 300 g/mol. The van der Waals surface area contributed by atoms with Crippen LogP contribution in [0.3, 0.4) is 0 Å². The van der Waals surface area contributed by atoms with Crippen LogP contribution >= 0.6 is 11.6 Å². The lowest BCUT2D eigenvalue weighted by molar-refractivity contribution is 0.163. The van der Waals surface area contributed by atoms with E-state index >= 15 is 0 Å². The number of carbonyl (C=O) groups is 1. The van der Waals surface area contributed by atoms with Crippen LogP contribution in [0.1, 0.15) is 30.9 Å². The van der Waals surface area contributed by atoms with E-state index in [4.69, 9.17) is 11.6 Å². The molecule has 2 aromatic rings. The average molecular weight is 317 g/mol. The molecule has 22 heavy (non-hydrogen) atoms. The van der Waals surface area contributed by atoms with Gasteiger partial charge >= 0.3 is 6.03 Å².